The van der Waals surface area contributed by atoms with E-state index in [-0.39, 0.29) is 17.6 Å². The van der Waals surface area contributed by atoms with Crippen molar-refractivity contribution in [3.63, 3.8) is 0 Å². The molecule has 23 heavy (non-hydrogen) atoms. The summed E-state index contributed by atoms with van der Waals surface area (Å²) in [6.45, 7) is 1.94. The highest BCUT2D eigenvalue weighted by atomic mass is 19.1. The van der Waals surface area contributed by atoms with E-state index in [4.69, 9.17) is 0 Å². The number of hydrogen-bond acceptors (Lipinski definition) is 2. The van der Waals surface area contributed by atoms with Crippen LogP contribution in [0.4, 0.5) is 10.1 Å². The Bertz CT molecular complexity index is 666. The normalized spacial score (nSPS) is 10.2. The van der Waals surface area contributed by atoms with Crippen LogP contribution in [0.25, 0.3) is 11.1 Å². The molecule has 0 radical (unpaired) electrons. The lowest BCUT2D eigenvalue weighted by Crippen LogP contribution is -2.22. The molecule has 0 aliphatic rings. The fourth-order valence-electron chi connectivity index (χ4n) is 2.13. The van der Waals surface area contributed by atoms with Gasteiger partial charge in [0.05, 0.1) is 0 Å². The van der Waals surface area contributed by atoms with E-state index in [0.717, 1.165) is 11.1 Å². The number of halogens is 1. The van der Waals surface area contributed by atoms with Gasteiger partial charge in [-0.05, 0) is 41.8 Å². The molecule has 0 heterocycles. The van der Waals surface area contributed by atoms with E-state index in [1.54, 1.807) is 12.1 Å². The number of amides is 2. The number of rotatable bonds is 6. The molecule has 0 aliphatic carbocycles. The van der Waals surface area contributed by atoms with Crippen molar-refractivity contribution in [2.45, 2.75) is 19.8 Å². The molecule has 4 nitrogen and oxygen atoms in total. The van der Waals surface area contributed by atoms with Gasteiger partial charge in [-0.15, -0.1) is 0 Å². The van der Waals surface area contributed by atoms with Crippen LogP contribution in [0.1, 0.15) is 19.8 Å². The predicted octanol–water partition coefficient (Wildman–Crippen LogP) is 3.35. The molecule has 2 amide bonds. The number of carbonyl (C=O) groups excluding carboxylic acids is 2. The van der Waals surface area contributed by atoms with E-state index >= 15 is 0 Å². The van der Waals surface area contributed by atoms with Crippen molar-refractivity contribution in [3.05, 3.63) is 54.3 Å². The average molecular weight is 314 g/mol. The molecule has 0 saturated carbocycles. The second kappa shape index (κ2) is 8.08. The highest BCUT2D eigenvalue weighted by Crippen LogP contribution is 2.21. The zero-order valence-electron chi connectivity index (χ0n) is 12.9. The van der Waals surface area contributed by atoms with Crippen LogP contribution in [-0.2, 0) is 9.59 Å². The molecule has 0 aliphatic heterocycles. The summed E-state index contributed by atoms with van der Waals surface area (Å²) >= 11 is 0. The minimum Gasteiger partial charge on any atom is -0.356 e. The first-order chi connectivity index (χ1) is 11.0. The molecule has 2 rings (SSSR count). The number of carbonyl (C=O) groups is 2. The summed E-state index contributed by atoms with van der Waals surface area (Å²) in [5.74, 6) is -0.455. The van der Waals surface area contributed by atoms with Gasteiger partial charge in [0.25, 0.3) is 0 Å². The third-order valence-corrected chi connectivity index (χ3v) is 3.30. The lowest BCUT2D eigenvalue weighted by Gasteiger charge is -2.07. The average Bonchev–Trinajstić information content (AvgIpc) is 2.53. The van der Waals surface area contributed by atoms with Crippen molar-refractivity contribution in [1.82, 2.24) is 5.32 Å². The summed E-state index contributed by atoms with van der Waals surface area (Å²) < 4.78 is 12.9. The minimum atomic E-state index is -0.267. The Balaban J connectivity index is 1.86. The summed E-state index contributed by atoms with van der Waals surface area (Å²) in [5.41, 5.74) is 2.58. The molecular formula is C18H19FN2O2. The van der Waals surface area contributed by atoms with Gasteiger partial charge in [-0.1, -0.05) is 24.3 Å². The zero-order valence-corrected chi connectivity index (χ0v) is 12.9. The van der Waals surface area contributed by atoms with Crippen molar-refractivity contribution in [1.29, 1.82) is 0 Å². The molecule has 0 fully saturated rings. The number of anilines is 1. The Morgan fingerprint density at radius 2 is 1.52 bits per heavy atom. The topological polar surface area (TPSA) is 58.2 Å². The van der Waals surface area contributed by atoms with E-state index in [1.165, 1.54) is 19.1 Å². The van der Waals surface area contributed by atoms with Crippen LogP contribution in [0.3, 0.4) is 0 Å². The second-order valence-corrected chi connectivity index (χ2v) is 5.22. The molecule has 120 valence electrons. The Morgan fingerprint density at radius 1 is 0.957 bits per heavy atom. The van der Waals surface area contributed by atoms with E-state index in [2.05, 4.69) is 10.6 Å². The molecule has 2 N–H and O–H groups in total. The molecule has 0 unspecified atom stereocenters. The summed E-state index contributed by atoms with van der Waals surface area (Å²) in [7, 11) is 0. The van der Waals surface area contributed by atoms with Crippen molar-refractivity contribution >= 4 is 17.5 Å². The highest BCUT2D eigenvalue weighted by molar-refractivity contribution is 5.91. The zero-order chi connectivity index (χ0) is 16.7. The van der Waals surface area contributed by atoms with Crippen LogP contribution in [0.2, 0.25) is 0 Å². The standard InChI is InChI=1S/C18H19FN2O2/c1-13(22)20-12-2-3-18(23)21-17-10-6-15(7-11-17)14-4-8-16(19)9-5-14/h4-11H,2-3,12H2,1H3,(H,20,22)(H,21,23). The number of nitrogens with one attached hydrogen (secondary N) is 2. The molecular weight excluding hydrogens is 295 g/mol. The monoisotopic (exact) mass is 314 g/mol. The fourth-order valence-corrected chi connectivity index (χ4v) is 2.13. The first kappa shape index (κ1) is 16.7. The van der Waals surface area contributed by atoms with E-state index in [1.807, 2.05) is 24.3 Å². The summed E-state index contributed by atoms with van der Waals surface area (Å²) in [6.07, 6.45) is 0.944. The first-order valence-corrected chi connectivity index (χ1v) is 7.45. The summed E-state index contributed by atoms with van der Waals surface area (Å²) in [4.78, 5) is 22.5. The summed E-state index contributed by atoms with van der Waals surface area (Å²) in [5, 5.41) is 5.45. The van der Waals surface area contributed by atoms with Gasteiger partial charge < -0.3 is 10.6 Å². The number of hydrogen-bond donors (Lipinski definition) is 2. The summed E-state index contributed by atoms with van der Waals surface area (Å²) in [6, 6.07) is 13.6. The van der Waals surface area contributed by atoms with Crippen LogP contribution in [0.15, 0.2) is 48.5 Å². The molecule has 5 heteroatoms. The van der Waals surface area contributed by atoms with E-state index in [9.17, 15) is 14.0 Å². The minimum absolute atomic E-state index is 0.0927. The van der Waals surface area contributed by atoms with E-state index < -0.39 is 0 Å². The van der Waals surface area contributed by atoms with Gasteiger partial charge in [0.1, 0.15) is 5.82 Å². The Labute approximate surface area is 134 Å². The fraction of sp³-hybridized carbons (Fsp3) is 0.222. The highest BCUT2D eigenvalue weighted by Gasteiger charge is 2.03. The van der Waals surface area contributed by atoms with Crippen molar-refractivity contribution in [2.75, 3.05) is 11.9 Å². The molecule has 0 atom stereocenters. The lowest BCUT2D eigenvalue weighted by molar-refractivity contribution is -0.119. The van der Waals surface area contributed by atoms with Gasteiger partial charge in [-0.2, -0.15) is 0 Å². The first-order valence-electron chi connectivity index (χ1n) is 7.45. The third kappa shape index (κ3) is 5.54. The third-order valence-electron chi connectivity index (χ3n) is 3.30. The lowest BCUT2D eigenvalue weighted by atomic mass is 10.1. The van der Waals surface area contributed by atoms with Crippen molar-refractivity contribution in [2.24, 2.45) is 0 Å². The van der Waals surface area contributed by atoms with Gasteiger partial charge in [0, 0.05) is 25.6 Å². The smallest absolute Gasteiger partial charge is 0.224 e. The molecule has 0 bridgehead atoms. The molecule has 2 aromatic carbocycles. The Hall–Kier alpha value is -2.69. The Morgan fingerprint density at radius 3 is 2.09 bits per heavy atom. The van der Waals surface area contributed by atoms with Crippen LogP contribution < -0.4 is 10.6 Å². The maximum Gasteiger partial charge on any atom is 0.224 e. The Kier molecular flexibility index (Phi) is 5.86. The quantitative estimate of drug-likeness (QED) is 0.803. The van der Waals surface area contributed by atoms with Gasteiger partial charge in [-0.3, -0.25) is 9.59 Å². The van der Waals surface area contributed by atoms with Crippen LogP contribution in [-0.4, -0.2) is 18.4 Å². The van der Waals surface area contributed by atoms with Crippen molar-refractivity contribution < 1.29 is 14.0 Å². The molecule has 0 saturated heterocycles. The maximum atomic E-state index is 12.9. The van der Waals surface area contributed by atoms with Gasteiger partial charge in [0.15, 0.2) is 0 Å². The van der Waals surface area contributed by atoms with Gasteiger partial charge in [-0.25, -0.2) is 4.39 Å². The molecule has 0 spiro atoms. The van der Waals surface area contributed by atoms with Crippen molar-refractivity contribution in [3.8, 4) is 11.1 Å². The SMILES string of the molecule is CC(=O)NCCCC(=O)Nc1ccc(-c2ccc(F)cc2)cc1. The predicted molar refractivity (Wildman–Crippen MR) is 88.4 cm³/mol. The van der Waals surface area contributed by atoms with Crippen LogP contribution in [0.5, 0.6) is 0 Å². The van der Waals surface area contributed by atoms with E-state index in [0.29, 0.717) is 25.1 Å². The maximum absolute atomic E-state index is 12.9. The van der Waals surface area contributed by atoms with Gasteiger partial charge >= 0.3 is 0 Å². The van der Waals surface area contributed by atoms with Gasteiger partial charge in [0.2, 0.25) is 11.8 Å². The molecule has 0 aromatic heterocycles. The number of benzene rings is 2. The molecule has 2 aromatic rings. The largest absolute Gasteiger partial charge is 0.356 e. The second-order valence-electron chi connectivity index (χ2n) is 5.22. The van der Waals surface area contributed by atoms with Crippen LogP contribution in [0, 0.1) is 5.82 Å². The van der Waals surface area contributed by atoms with Crippen LogP contribution >= 0.6 is 0 Å².